The number of pyridine rings is 1. The van der Waals surface area contributed by atoms with Gasteiger partial charge in [0.05, 0.1) is 11.9 Å². The molecule has 0 atom stereocenters. The third-order valence-electron chi connectivity index (χ3n) is 5.00. The van der Waals surface area contributed by atoms with Crippen molar-refractivity contribution in [2.24, 2.45) is 5.41 Å². The van der Waals surface area contributed by atoms with Crippen molar-refractivity contribution >= 4 is 29.0 Å². The molecule has 0 radical (unpaired) electrons. The molecule has 4 rings (SSSR count). The van der Waals surface area contributed by atoms with Crippen molar-refractivity contribution in [1.29, 1.82) is 0 Å². The molecule has 9 heteroatoms. The third-order valence-corrected chi connectivity index (χ3v) is 5.00. The summed E-state index contributed by atoms with van der Waals surface area (Å²) < 4.78 is 1.79. The molecule has 9 nitrogen and oxygen atoms in total. The molecule has 0 aromatic carbocycles. The lowest BCUT2D eigenvalue weighted by molar-refractivity contribution is -0.123. The Balaban J connectivity index is 1.42. The lowest BCUT2D eigenvalue weighted by atomic mass is 9.96. The van der Waals surface area contributed by atoms with Gasteiger partial charge in [-0.3, -0.25) is 4.79 Å². The summed E-state index contributed by atoms with van der Waals surface area (Å²) in [5.41, 5.74) is 1.53. The van der Waals surface area contributed by atoms with E-state index in [-0.39, 0.29) is 5.91 Å². The summed E-state index contributed by atoms with van der Waals surface area (Å²) >= 11 is 0. The summed E-state index contributed by atoms with van der Waals surface area (Å²) in [5.74, 6) is 2.18. The number of nitrogens with zero attached hydrogens (tertiary/aromatic N) is 7. The molecule has 3 aromatic heterocycles. The summed E-state index contributed by atoms with van der Waals surface area (Å²) in [6.07, 6.45) is 3.35. The molecule has 1 amide bonds. The van der Waals surface area contributed by atoms with Gasteiger partial charge in [0.15, 0.2) is 0 Å². The predicted octanol–water partition coefficient (Wildman–Crippen LogP) is 2.14. The molecule has 0 spiro atoms. The number of carbonyl (C=O) groups excluding carboxylic acids is 1. The van der Waals surface area contributed by atoms with Crippen LogP contribution in [0.2, 0.25) is 0 Å². The largest absolute Gasteiger partial charge is 0.367 e. The molecular weight excluding hydrogens is 368 g/mol. The highest BCUT2D eigenvalue weighted by molar-refractivity contribution is 5.93. The Morgan fingerprint density at radius 3 is 2.45 bits per heavy atom. The third kappa shape index (κ3) is 3.98. The van der Waals surface area contributed by atoms with Gasteiger partial charge in [0, 0.05) is 43.4 Å². The number of aromatic nitrogens is 5. The van der Waals surface area contributed by atoms with Gasteiger partial charge in [0.1, 0.15) is 18.0 Å². The van der Waals surface area contributed by atoms with E-state index in [0.29, 0.717) is 11.6 Å². The molecule has 0 aliphatic carbocycles. The predicted molar refractivity (Wildman–Crippen MR) is 112 cm³/mol. The van der Waals surface area contributed by atoms with Gasteiger partial charge in [0.25, 0.3) is 5.78 Å². The van der Waals surface area contributed by atoms with Crippen LogP contribution in [-0.4, -0.2) is 56.7 Å². The van der Waals surface area contributed by atoms with Crippen LogP contribution in [0.3, 0.4) is 0 Å². The lowest BCUT2D eigenvalue weighted by Gasteiger charge is -2.37. The van der Waals surface area contributed by atoms with Gasteiger partial charge in [-0.05, 0) is 19.1 Å². The van der Waals surface area contributed by atoms with Crippen LogP contribution >= 0.6 is 0 Å². The van der Waals surface area contributed by atoms with Gasteiger partial charge in [-0.25, -0.2) is 9.97 Å². The number of aryl methyl sites for hydroxylation is 1. The normalized spacial score (nSPS) is 15.0. The smallest absolute Gasteiger partial charge is 0.254 e. The maximum Gasteiger partial charge on any atom is 0.254 e. The van der Waals surface area contributed by atoms with Crippen molar-refractivity contribution in [2.75, 3.05) is 41.3 Å². The fraction of sp³-hybridized carbons (Fsp3) is 0.450. The minimum absolute atomic E-state index is 0.0431. The Morgan fingerprint density at radius 1 is 1.07 bits per heavy atom. The highest BCUT2D eigenvalue weighted by Gasteiger charge is 2.23. The van der Waals surface area contributed by atoms with Gasteiger partial charge in [-0.1, -0.05) is 20.8 Å². The van der Waals surface area contributed by atoms with E-state index in [2.05, 4.69) is 35.2 Å². The SMILES string of the molecule is Cc1cc(N2CCN(c3ccc(NC(=O)C(C)(C)C)nc3)CC2)n2ncnc2n1. The second-order valence-corrected chi connectivity index (χ2v) is 8.31. The average molecular weight is 394 g/mol. The standard InChI is InChI=1S/C20H26N8O/c1-14-11-17(28-19(24-14)22-13-23-28)27-9-7-26(8-10-27)15-5-6-16(21-12-15)25-18(29)20(2,3)4/h5-6,11-13H,7-10H2,1-4H3,(H,21,25,29). The maximum atomic E-state index is 12.1. The van der Waals surface area contributed by atoms with E-state index in [0.717, 1.165) is 43.4 Å². The molecule has 1 aliphatic heterocycles. The molecule has 3 aromatic rings. The van der Waals surface area contributed by atoms with E-state index in [1.165, 1.54) is 6.33 Å². The van der Waals surface area contributed by atoms with E-state index >= 15 is 0 Å². The molecule has 1 saturated heterocycles. The van der Waals surface area contributed by atoms with Crippen LogP contribution < -0.4 is 15.1 Å². The topological polar surface area (TPSA) is 91.5 Å². The fourth-order valence-electron chi connectivity index (χ4n) is 3.28. The Bertz CT molecular complexity index is 1010. The van der Waals surface area contributed by atoms with E-state index in [1.54, 1.807) is 4.52 Å². The highest BCUT2D eigenvalue weighted by Crippen LogP contribution is 2.22. The molecule has 152 valence electrons. The number of anilines is 3. The Morgan fingerprint density at radius 2 is 1.79 bits per heavy atom. The lowest BCUT2D eigenvalue weighted by Crippen LogP contribution is -2.47. The molecule has 0 saturated carbocycles. The molecular formula is C20H26N8O. The van der Waals surface area contributed by atoms with Crippen molar-refractivity contribution < 1.29 is 4.79 Å². The number of piperazine rings is 1. The van der Waals surface area contributed by atoms with Crippen molar-refractivity contribution in [2.45, 2.75) is 27.7 Å². The first-order chi connectivity index (χ1) is 13.8. The summed E-state index contributed by atoms with van der Waals surface area (Å²) in [6.45, 7) is 11.1. The molecule has 1 fully saturated rings. The van der Waals surface area contributed by atoms with E-state index in [4.69, 9.17) is 0 Å². The number of hydrogen-bond acceptors (Lipinski definition) is 7. The first-order valence-electron chi connectivity index (χ1n) is 9.76. The quantitative estimate of drug-likeness (QED) is 0.728. The van der Waals surface area contributed by atoms with Crippen molar-refractivity contribution in [3.05, 3.63) is 36.4 Å². The zero-order valence-corrected chi connectivity index (χ0v) is 17.3. The number of fused-ring (bicyclic) bond motifs is 1. The van der Waals surface area contributed by atoms with E-state index in [9.17, 15) is 4.79 Å². The molecule has 0 unspecified atom stereocenters. The number of nitrogens with one attached hydrogen (secondary N) is 1. The molecule has 29 heavy (non-hydrogen) atoms. The van der Waals surface area contributed by atoms with Gasteiger partial charge in [-0.15, -0.1) is 0 Å². The molecule has 4 heterocycles. The Hall–Kier alpha value is -3.23. The van der Waals surface area contributed by atoms with Crippen molar-refractivity contribution in [1.82, 2.24) is 24.6 Å². The average Bonchev–Trinajstić information content (AvgIpc) is 3.16. The minimum Gasteiger partial charge on any atom is -0.367 e. The van der Waals surface area contributed by atoms with Gasteiger partial charge in [-0.2, -0.15) is 14.6 Å². The van der Waals surface area contributed by atoms with Crippen LogP contribution in [-0.2, 0) is 4.79 Å². The van der Waals surface area contributed by atoms with E-state index < -0.39 is 5.41 Å². The maximum absolute atomic E-state index is 12.1. The second-order valence-electron chi connectivity index (χ2n) is 8.31. The minimum atomic E-state index is -0.447. The Kier molecular flexibility index (Phi) is 4.81. The number of amides is 1. The zero-order valence-electron chi connectivity index (χ0n) is 17.3. The van der Waals surface area contributed by atoms with Crippen LogP contribution in [0.15, 0.2) is 30.7 Å². The van der Waals surface area contributed by atoms with Crippen LogP contribution in [0.4, 0.5) is 17.3 Å². The summed E-state index contributed by atoms with van der Waals surface area (Å²) in [7, 11) is 0. The first-order valence-corrected chi connectivity index (χ1v) is 9.76. The number of carbonyl (C=O) groups is 1. The van der Waals surface area contributed by atoms with Crippen LogP contribution in [0.1, 0.15) is 26.5 Å². The van der Waals surface area contributed by atoms with Crippen LogP contribution in [0.25, 0.3) is 5.78 Å². The monoisotopic (exact) mass is 394 g/mol. The molecule has 1 aliphatic rings. The summed E-state index contributed by atoms with van der Waals surface area (Å²) in [5, 5.41) is 7.17. The van der Waals surface area contributed by atoms with Gasteiger partial charge >= 0.3 is 0 Å². The number of hydrogen-bond donors (Lipinski definition) is 1. The number of rotatable bonds is 3. The summed E-state index contributed by atoms with van der Waals surface area (Å²) in [4.78, 5) is 29.7. The van der Waals surface area contributed by atoms with Crippen molar-refractivity contribution in [3.8, 4) is 0 Å². The van der Waals surface area contributed by atoms with Gasteiger partial charge < -0.3 is 15.1 Å². The van der Waals surface area contributed by atoms with Crippen molar-refractivity contribution in [3.63, 3.8) is 0 Å². The van der Waals surface area contributed by atoms with Crippen LogP contribution in [0.5, 0.6) is 0 Å². The fourth-order valence-corrected chi connectivity index (χ4v) is 3.28. The molecule has 0 bridgehead atoms. The molecule has 1 N–H and O–H groups in total. The zero-order chi connectivity index (χ0) is 20.6. The first kappa shape index (κ1) is 19.1. The van der Waals surface area contributed by atoms with Crippen LogP contribution in [0, 0.1) is 12.3 Å². The highest BCUT2D eigenvalue weighted by atomic mass is 16.2. The second kappa shape index (κ2) is 7.31. The van der Waals surface area contributed by atoms with Gasteiger partial charge in [0.2, 0.25) is 5.91 Å². The Labute approximate surface area is 169 Å². The van der Waals surface area contributed by atoms with E-state index in [1.807, 2.05) is 52.1 Å². The summed E-state index contributed by atoms with van der Waals surface area (Å²) in [6, 6.07) is 5.91.